The second-order valence-corrected chi connectivity index (χ2v) is 7.68. The zero-order chi connectivity index (χ0) is 17.6. The van der Waals surface area contributed by atoms with Crippen molar-refractivity contribution in [3.63, 3.8) is 0 Å². The summed E-state index contributed by atoms with van der Waals surface area (Å²) in [7, 11) is 0. The fourth-order valence-electron chi connectivity index (χ4n) is 3.62. The van der Waals surface area contributed by atoms with Gasteiger partial charge < -0.3 is 9.84 Å². The predicted octanol–water partition coefficient (Wildman–Crippen LogP) is 3.00. The normalized spacial score (nSPS) is 23.2. The van der Waals surface area contributed by atoms with Gasteiger partial charge >= 0.3 is 0 Å². The maximum absolute atomic E-state index is 10.8. The van der Waals surface area contributed by atoms with Gasteiger partial charge in [0.2, 0.25) is 10.8 Å². The lowest BCUT2D eigenvalue weighted by Crippen LogP contribution is -2.47. The van der Waals surface area contributed by atoms with E-state index in [4.69, 9.17) is 4.74 Å². The summed E-state index contributed by atoms with van der Waals surface area (Å²) in [6.07, 6.45) is 0.308. The van der Waals surface area contributed by atoms with E-state index < -0.39 is 0 Å². The zero-order valence-corrected chi connectivity index (χ0v) is 15.4. The first-order valence-electron chi connectivity index (χ1n) is 8.52. The quantitative estimate of drug-likeness (QED) is 0.780. The molecule has 7 heteroatoms. The average molecular weight is 358 g/mol. The Kier molecular flexibility index (Phi) is 4.23. The summed E-state index contributed by atoms with van der Waals surface area (Å²) in [6.45, 7) is 7.65. The van der Waals surface area contributed by atoms with Crippen LogP contribution in [-0.2, 0) is 4.74 Å². The molecule has 2 aromatic heterocycles. The van der Waals surface area contributed by atoms with Crippen molar-refractivity contribution in [2.75, 3.05) is 13.1 Å². The summed E-state index contributed by atoms with van der Waals surface area (Å²) < 4.78 is 7.44. The van der Waals surface area contributed by atoms with Crippen LogP contribution >= 0.6 is 11.3 Å². The third-order valence-electron chi connectivity index (χ3n) is 4.48. The Balaban J connectivity index is 1.82. The number of hydrogen-bond acceptors (Lipinski definition) is 6. The molecule has 0 unspecified atom stereocenters. The minimum Gasteiger partial charge on any atom is -0.492 e. The van der Waals surface area contributed by atoms with Crippen LogP contribution in [0.25, 0.3) is 4.96 Å². The van der Waals surface area contributed by atoms with Crippen molar-refractivity contribution in [3.05, 3.63) is 46.6 Å². The Morgan fingerprint density at radius 3 is 2.52 bits per heavy atom. The minimum absolute atomic E-state index is 0.0381. The maximum atomic E-state index is 10.8. The lowest BCUT2D eigenvalue weighted by molar-refractivity contribution is -0.0764. The Morgan fingerprint density at radius 1 is 1.20 bits per heavy atom. The lowest BCUT2D eigenvalue weighted by atomic mass is 10.0. The molecule has 4 rings (SSSR count). The average Bonchev–Trinajstić information content (AvgIpc) is 3.06. The van der Waals surface area contributed by atoms with Crippen molar-refractivity contribution in [1.82, 2.24) is 19.5 Å². The van der Waals surface area contributed by atoms with Gasteiger partial charge in [0, 0.05) is 13.1 Å². The van der Waals surface area contributed by atoms with Crippen LogP contribution in [0.5, 0.6) is 5.88 Å². The number of nitrogens with zero attached hydrogens (tertiary/aromatic N) is 4. The molecular formula is C18H22N4O2S. The van der Waals surface area contributed by atoms with E-state index in [9.17, 15) is 5.11 Å². The fraction of sp³-hybridized carbons (Fsp3) is 0.444. The predicted molar refractivity (Wildman–Crippen MR) is 97.1 cm³/mol. The molecule has 1 N–H and O–H groups in total. The van der Waals surface area contributed by atoms with Gasteiger partial charge in [0.15, 0.2) is 0 Å². The molecule has 0 radical (unpaired) electrons. The molecule has 3 atom stereocenters. The van der Waals surface area contributed by atoms with Gasteiger partial charge in [0.1, 0.15) is 5.82 Å². The van der Waals surface area contributed by atoms with Crippen molar-refractivity contribution in [2.45, 2.75) is 39.0 Å². The van der Waals surface area contributed by atoms with E-state index >= 15 is 0 Å². The second kappa shape index (κ2) is 6.40. The Morgan fingerprint density at radius 2 is 1.88 bits per heavy atom. The highest BCUT2D eigenvalue weighted by molar-refractivity contribution is 7.17. The van der Waals surface area contributed by atoms with Crippen molar-refractivity contribution in [3.8, 4) is 5.88 Å². The maximum Gasteiger partial charge on any atom is 0.230 e. The Hall–Kier alpha value is -1.96. The minimum atomic E-state index is -0.0381. The second-order valence-electron chi connectivity index (χ2n) is 6.67. The van der Waals surface area contributed by atoms with Gasteiger partial charge in [-0.05, 0) is 26.3 Å². The number of aromatic nitrogens is 3. The van der Waals surface area contributed by atoms with Gasteiger partial charge in [0.25, 0.3) is 0 Å². The molecule has 25 heavy (non-hydrogen) atoms. The molecule has 1 aliphatic heterocycles. The lowest BCUT2D eigenvalue weighted by Gasteiger charge is -2.40. The number of fused-ring (bicyclic) bond motifs is 1. The van der Waals surface area contributed by atoms with Crippen molar-refractivity contribution >= 4 is 16.3 Å². The summed E-state index contributed by atoms with van der Waals surface area (Å²) >= 11 is 1.50. The Labute approximate surface area is 150 Å². The first-order chi connectivity index (χ1) is 12.0. The molecule has 3 heterocycles. The summed E-state index contributed by atoms with van der Waals surface area (Å²) in [4.78, 5) is 8.39. The van der Waals surface area contributed by atoms with Crippen molar-refractivity contribution in [2.24, 2.45) is 0 Å². The van der Waals surface area contributed by atoms with Crippen LogP contribution in [0.1, 0.15) is 36.2 Å². The molecule has 0 bridgehead atoms. The summed E-state index contributed by atoms with van der Waals surface area (Å²) in [6, 6.07) is 10.3. The number of aromatic hydroxyl groups is 1. The Bertz CT molecular complexity index is 866. The van der Waals surface area contributed by atoms with Crippen LogP contribution in [-0.4, -0.2) is 49.9 Å². The van der Waals surface area contributed by atoms with Crippen LogP contribution in [0.4, 0.5) is 0 Å². The topological polar surface area (TPSA) is 62.9 Å². The summed E-state index contributed by atoms with van der Waals surface area (Å²) in [5.41, 5.74) is 1.15. The van der Waals surface area contributed by atoms with Crippen LogP contribution < -0.4 is 0 Å². The van der Waals surface area contributed by atoms with Crippen LogP contribution in [0.3, 0.4) is 0 Å². The highest BCUT2D eigenvalue weighted by atomic mass is 32.1. The van der Waals surface area contributed by atoms with E-state index in [1.807, 2.05) is 25.1 Å². The van der Waals surface area contributed by atoms with Crippen LogP contribution in [0, 0.1) is 6.92 Å². The smallest absolute Gasteiger partial charge is 0.230 e. The molecule has 132 valence electrons. The number of rotatable bonds is 3. The van der Waals surface area contributed by atoms with Gasteiger partial charge in [-0.3, -0.25) is 4.90 Å². The van der Waals surface area contributed by atoms with E-state index in [2.05, 4.69) is 41.0 Å². The zero-order valence-electron chi connectivity index (χ0n) is 14.6. The molecule has 0 saturated carbocycles. The number of benzene rings is 1. The molecule has 0 aliphatic carbocycles. The number of hydrogen-bond donors (Lipinski definition) is 1. The molecule has 1 aliphatic rings. The molecule has 1 aromatic carbocycles. The molecule has 0 amide bonds. The number of morpholine rings is 1. The van der Waals surface area contributed by atoms with Crippen LogP contribution in [0.2, 0.25) is 0 Å². The van der Waals surface area contributed by atoms with E-state index in [-0.39, 0.29) is 24.1 Å². The number of thiazole rings is 1. The summed E-state index contributed by atoms with van der Waals surface area (Å²) in [5, 5.41) is 15.1. The highest BCUT2D eigenvalue weighted by Gasteiger charge is 2.33. The molecule has 1 saturated heterocycles. The number of aryl methyl sites for hydroxylation is 1. The fourth-order valence-corrected chi connectivity index (χ4v) is 4.78. The van der Waals surface area contributed by atoms with Gasteiger partial charge in [0.05, 0.1) is 23.1 Å². The van der Waals surface area contributed by atoms with Gasteiger partial charge in [-0.25, -0.2) is 4.98 Å². The van der Waals surface area contributed by atoms with Gasteiger partial charge in [-0.1, -0.05) is 41.7 Å². The van der Waals surface area contributed by atoms with E-state index in [0.717, 1.165) is 28.5 Å². The molecule has 6 nitrogen and oxygen atoms in total. The molecule has 3 aromatic rings. The van der Waals surface area contributed by atoms with Gasteiger partial charge in [-0.2, -0.15) is 4.52 Å². The van der Waals surface area contributed by atoms with E-state index in [1.165, 1.54) is 11.3 Å². The number of ether oxygens (including phenoxy) is 1. The third-order valence-corrected chi connectivity index (χ3v) is 5.55. The highest BCUT2D eigenvalue weighted by Crippen LogP contribution is 2.40. The first kappa shape index (κ1) is 16.5. The van der Waals surface area contributed by atoms with Crippen LogP contribution in [0.15, 0.2) is 30.3 Å². The standard InChI is InChI=1S/C18H22N4O2S/c1-11-9-21(10-12(2)24-11)15(14-7-5-4-6-8-14)16-17(23)22-18(25-16)19-13(3)20-22/h4-8,11-12,15,23H,9-10H2,1-3H3/t11-,12+,15-/m0/s1. The van der Waals surface area contributed by atoms with E-state index in [1.54, 1.807) is 4.52 Å². The largest absolute Gasteiger partial charge is 0.492 e. The SMILES string of the molecule is Cc1nc2sc([C@H](c3ccccc3)N3C[C@@H](C)O[C@@H](C)C3)c(O)n2n1. The third kappa shape index (κ3) is 3.03. The molecular weight excluding hydrogens is 336 g/mol. The monoisotopic (exact) mass is 358 g/mol. The molecule has 1 fully saturated rings. The van der Waals surface area contributed by atoms with Crippen molar-refractivity contribution in [1.29, 1.82) is 0 Å². The summed E-state index contributed by atoms with van der Waals surface area (Å²) in [5.74, 6) is 0.847. The van der Waals surface area contributed by atoms with Crippen molar-refractivity contribution < 1.29 is 9.84 Å². The van der Waals surface area contributed by atoms with Gasteiger partial charge in [-0.15, -0.1) is 5.10 Å². The van der Waals surface area contributed by atoms with E-state index in [0.29, 0.717) is 5.82 Å². The first-order valence-corrected chi connectivity index (χ1v) is 9.34. The molecule has 0 spiro atoms.